The highest BCUT2D eigenvalue weighted by Gasteiger charge is 2.20. The summed E-state index contributed by atoms with van der Waals surface area (Å²) in [5.74, 6) is 6.40. The fourth-order valence-electron chi connectivity index (χ4n) is 2.82. The normalized spacial score (nSPS) is 19.9. The summed E-state index contributed by atoms with van der Waals surface area (Å²) < 4.78 is 24.4. The van der Waals surface area contributed by atoms with E-state index < -0.39 is 6.29 Å². The number of hydrogen-bond acceptors (Lipinski definition) is 2. The molecule has 1 aliphatic heterocycles. The molecule has 1 heterocycles. The lowest BCUT2D eigenvalue weighted by Crippen LogP contribution is -2.31. The topological polar surface area (TPSA) is 18.5 Å². The standard InChI is InChI=1S/C22H23FO2/c1-2-3-4-18-15-24-22(25-16-18)14-7-17-5-8-19(9-6-17)20-10-12-21(23)13-11-20/h5-6,8-13,18,22H,2-4,15-16H2,1H3/t18-,22-. The summed E-state index contributed by atoms with van der Waals surface area (Å²) in [6.45, 7) is 3.64. The minimum absolute atomic E-state index is 0.226. The van der Waals surface area contributed by atoms with Gasteiger partial charge in [-0.15, -0.1) is 0 Å². The van der Waals surface area contributed by atoms with Crippen molar-refractivity contribution in [3.63, 3.8) is 0 Å². The summed E-state index contributed by atoms with van der Waals surface area (Å²) >= 11 is 0. The maximum Gasteiger partial charge on any atom is 0.222 e. The first-order chi connectivity index (χ1) is 12.2. The van der Waals surface area contributed by atoms with Crippen LogP contribution in [-0.2, 0) is 9.47 Å². The van der Waals surface area contributed by atoms with E-state index in [9.17, 15) is 4.39 Å². The van der Waals surface area contributed by atoms with Gasteiger partial charge >= 0.3 is 0 Å². The van der Waals surface area contributed by atoms with Gasteiger partial charge in [0.1, 0.15) is 5.82 Å². The highest BCUT2D eigenvalue weighted by Crippen LogP contribution is 2.20. The minimum Gasteiger partial charge on any atom is -0.342 e. The molecule has 25 heavy (non-hydrogen) atoms. The third-order valence-corrected chi connectivity index (χ3v) is 4.33. The number of ether oxygens (including phenoxy) is 2. The summed E-state index contributed by atoms with van der Waals surface area (Å²) in [5.41, 5.74) is 2.93. The number of unbranched alkanes of at least 4 members (excludes halogenated alkanes) is 1. The van der Waals surface area contributed by atoms with Crippen molar-refractivity contribution in [1.29, 1.82) is 0 Å². The van der Waals surface area contributed by atoms with Gasteiger partial charge in [-0.25, -0.2) is 4.39 Å². The van der Waals surface area contributed by atoms with Crippen LogP contribution in [0.5, 0.6) is 0 Å². The van der Waals surface area contributed by atoms with Crippen molar-refractivity contribution >= 4 is 0 Å². The second-order valence-corrected chi connectivity index (χ2v) is 6.36. The van der Waals surface area contributed by atoms with Crippen molar-refractivity contribution in [3.05, 3.63) is 59.9 Å². The molecule has 0 atom stereocenters. The molecule has 0 aliphatic carbocycles. The van der Waals surface area contributed by atoms with E-state index in [1.54, 1.807) is 12.1 Å². The molecule has 0 saturated carbocycles. The average Bonchev–Trinajstić information content (AvgIpc) is 2.67. The third-order valence-electron chi connectivity index (χ3n) is 4.33. The summed E-state index contributed by atoms with van der Waals surface area (Å²) in [6.07, 6.45) is 3.14. The first-order valence-corrected chi connectivity index (χ1v) is 8.85. The Morgan fingerprint density at radius 2 is 1.56 bits per heavy atom. The lowest BCUT2D eigenvalue weighted by atomic mass is 10.0. The molecule has 130 valence electrons. The van der Waals surface area contributed by atoms with Crippen LogP contribution in [0.2, 0.25) is 0 Å². The number of benzene rings is 2. The molecule has 3 rings (SSSR count). The first-order valence-electron chi connectivity index (χ1n) is 8.85. The summed E-state index contributed by atoms with van der Waals surface area (Å²) in [6, 6.07) is 14.4. The molecule has 0 unspecified atom stereocenters. The molecule has 2 aromatic carbocycles. The van der Waals surface area contributed by atoms with Crippen LogP contribution in [-0.4, -0.2) is 19.5 Å². The van der Waals surface area contributed by atoms with Crippen molar-refractivity contribution in [2.75, 3.05) is 13.2 Å². The van der Waals surface area contributed by atoms with Gasteiger partial charge in [0.2, 0.25) is 6.29 Å². The van der Waals surface area contributed by atoms with E-state index in [0.29, 0.717) is 5.92 Å². The van der Waals surface area contributed by atoms with E-state index in [-0.39, 0.29) is 5.82 Å². The number of hydrogen-bond donors (Lipinski definition) is 0. The average molecular weight is 338 g/mol. The highest BCUT2D eigenvalue weighted by atomic mass is 19.1. The Balaban J connectivity index is 1.56. The summed E-state index contributed by atoms with van der Waals surface area (Å²) in [4.78, 5) is 0. The fraction of sp³-hybridized carbons (Fsp3) is 0.364. The smallest absolute Gasteiger partial charge is 0.222 e. The molecule has 0 spiro atoms. The Morgan fingerprint density at radius 1 is 0.960 bits per heavy atom. The molecule has 0 N–H and O–H groups in total. The van der Waals surface area contributed by atoms with Crippen molar-refractivity contribution < 1.29 is 13.9 Å². The summed E-state index contributed by atoms with van der Waals surface area (Å²) in [5, 5.41) is 0. The van der Waals surface area contributed by atoms with Gasteiger partial charge in [-0.3, -0.25) is 0 Å². The molecule has 0 radical (unpaired) electrons. The molecule has 0 bridgehead atoms. The van der Waals surface area contributed by atoms with Gasteiger partial charge in [-0.2, -0.15) is 0 Å². The maximum atomic E-state index is 13.0. The van der Waals surface area contributed by atoms with E-state index >= 15 is 0 Å². The SMILES string of the molecule is CCCC[C@H]1CO[C@H](C#Cc2ccc(-c3ccc(F)cc3)cc2)OC1. The number of rotatable bonds is 4. The molecule has 1 fully saturated rings. The van der Waals surface area contributed by atoms with Gasteiger partial charge in [0, 0.05) is 11.5 Å². The second kappa shape index (κ2) is 8.80. The minimum atomic E-state index is -0.436. The second-order valence-electron chi connectivity index (χ2n) is 6.36. The van der Waals surface area contributed by atoms with E-state index in [4.69, 9.17) is 9.47 Å². The van der Waals surface area contributed by atoms with Crippen LogP contribution in [0.1, 0.15) is 31.7 Å². The monoisotopic (exact) mass is 338 g/mol. The van der Waals surface area contributed by atoms with Crippen molar-refractivity contribution in [3.8, 4) is 23.0 Å². The van der Waals surface area contributed by atoms with Gasteiger partial charge in [0.05, 0.1) is 13.2 Å². The molecular weight excluding hydrogens is 315 g/mol. The Bertz CT molecular complexity index is 717. The molecule has 3 heteroatoms. The predicted octanol–water partition coefficient (Wildman–Crippen LogP) is 5.02. The molecule has 2 nitrogen and oxygen atoms in total. The molecule has 0 amide bonds. The Labute approximate surface area is 149 Å². The molecular formula is C22H23FO2. The quantitative estimate of drug-likeness (QED) is 0.729. The van der Waals surface area contributed by atoms with E-state index in [1.165, 1.54) is 25.0 Å². The van der Waals surface area contributed by atoms with Crippen molar-refractivity contribution in [2.24, 2.45) is 5.92 Å². The molecule has 0 aromatic heterocycles. The van der Waals surface area contributed by atoms with E-state index in [0.717, 1.165) is 36.3 Å². The van der Waals surface area contributed by atoms with Crippen LogP contribution in [0.3, 0.4) is 0 Å². The Kier molecular flexibility index (Phi) is 6.22. The van der Waals surface area contributed by atoms with Crippen LogP contribution in [0.4, 0.5) is 4.39 Å². The number of halogens is 1. The van der Waals surface area contributed by atoms with Gasteiger partial charge < -0.3 is 9.47 Å². The van der Waals surface area contributed by atoms with Crippen molar-refractivity contribution in [1.82, 2.24) is 0 Å². The van der Waals surface area contributed by atoms with Crippen LogP contribution in [0.25, 0.3) is 11.1 Å². The van der Waals surface area contributed by atoms with Gasteiger partial charge in [-0.1, -0.05) is 50.0 Å². The lowest BCUT2D eigenvalue weighted by molar-refractivity contribution is -0.170. The fourth-order valence-corrected chi connectivity index (χ4v) is 2.82. The zero-order valence-corrected chi connectivity index (χ0v) is 14.5. The predicted molar refractivity (Wildman–Crippen MR) is 97.4 cm³/mol. The zero-order valence-electron chi connectivity index (χ0n) is 14.5. The Morgan fingerprint density at radius 3 is 2.16 bits per heavy atom. The lowest BCUT2D eigenvalue weighted by Gasteiger charge is -2.26. The molecule has 1 aliphatic rings. The van der Waals surface area contributed by atoms with Gasteiger partial charge in [0.15, 0.2) is 0 Å². The van der Waals surface area contributed by atoms with Gasteiger partial charge in [0.25, 0.3) is 0 Å². The van der Waals surface area contributed by atoms with Crippen molar-refractivity contribution in [2.45, 2.75) is 32.5 Å². The van der Waals surface area contributed by atoms with E-state index in [1.807, 2.05) is 24.3 Å². The zero-order chi connectivity index (χ0) is 17.5. The van der Waals surface area contributed by atoms with Crippen LogP contribution >= 0.6 is 0 Å². The molecule has 2 aromatic rings. The first kappa shape index (κ1) is 17.7. The highest BCUT2D eigenvalue weighted by molar-refractivity contribution is 5.64. The summed E-state index contributed by atoms with van der Waals surface area (Å²) in [7, 11) is 0. The van der Waals surface area contributed by atoms with E-state index in [2.05, 4.69) is 18.8 Å². The molecule has 1 saturated heterocycles. The largest absolute Gasteiger partial charge is 0.342 e. The Hall–Kier alpha value is -2.15. The van der Waals surface area contributed by atoms with Crippen LogP contribution in [0.15, 0.2) is 48.5 Å². The van der Waals surface area contributed by atoms with Crippen LogP contribution in [0, 0.1) is 23.6 Å². The maximum absolute atomic E-state index is 13.0. The van der Waals surface area contributed by atoms with Gasteiger partial charge in [-0.05, 0) is 47.7 Å². The van der Waals surface area contributed by atoms with Crippen LogP contribution < -0.4 is 0 Å². The third kappa shape index (κ3) is 5.16.